The molecule has 0 heterocycles. The fourth-order valence-corrected chi connectivity index (χ4v) is 4.53. The maximum atomic E-state index is 7.17. The Bertz CT molecular complexity index is 439. The van der Waals surface area contributed by atoms with Crippen molar-refractivity contribution in [2.45, 2.75) is 0 Å². The minimum Gasteiger partial charge on any atom is -0.402 e. The van der Waals surface area contributed by atoms with E-state index < -0.39 is 14.0 Å². The molecule has 0 saturated carbocycles. The zero-order chi connectivity index (χ0) is 14.3. The van der Waals surface area contributed by atoms with Crippen LogP contribution in [0.5, 0.6) is 0 Å². The van der Waals surface area contributed by atoms with Crippen molar-refractivity contribution >= 4 is 46.5 Å². The van der Waals surface area contributed by atoms with E-state index in [4.69, 9.17) is 37.2 Å². The summed E-state index contributed by atoms with van der Waals surface area (Å²) in [4.78, 5) is 0. The first-order valence-corrected chi connectivity index (χ1v) is 9.50. The van der Waals surface area contributed by atoms with Crippen LogP contribution in [0.25, 0.3) is 0 Å². The van der Waals surface area contributed by atoms with E-state index in [0.29, 0.717) is 0 Å². The van der Waals surface area contributed by atoms with E-state index in [1.165, 1.54) is 0 Å². The molecule has 0 saturated heterocycles. The largest absolute Gasteiger partial charge is 0.631 e. The van der Waals surface area contributed by atoms with Crippen LogP contribution < -0.4 is 10.4 Å². The first-order valence-electron chi connectivity index (χ1n) is 5.47. The Labute approximate surface area is 122 Å². The number of hydrogen-bond donors (Lipinski definition) is 3. The fraction of sp³-hybridized carbons (Fsp3) is 0. The Morgan fingerprint density at radius 2 is 0.947 bits per heavy atom. The number of hydrogen-bond acceptors (Lipinski definition) is 3. The molecule has 2 aromatic rings. The first-order chi connectivity index (χ1) is 8.94. The van der Waals surface area contributed by atoms with E-state index in [-0.39, 0.29) is 0 Å². The summed E-state index contributed by atoms with van der Waals surface area (Å²) in [6.07, 6.45) is 0. The predicted octanol–water partition coefficient (Wildman–Crippen LogP) is 0.669. The maximum Gasteiger partial charge on any atom is 0.631 e. The zero-order valence-electron chi connectivity index (χ0n) is 9.95. The van der Waals surface area contributed by atoms with Gasteiger partial charge in [-0.15, -0.1) is 22.2 Å². The number of halogens is 2. The SMILES string of the molecule is Cl[Si](Cl)(c1ccccc1)c1ccccc1.OB(O)O. The molecule has 0 atom stereocenters. The molecule has 100 valence electrons. The predicted molar refractivity (Wildman–Crippen MR) is 82.0 cm³/mol. The molecule has 0 spiro atoms. The lowest BCUT2D eigenvalue weighted by atomic mass is 10.3. The lowest BCUT2D eigenvalue weighted by Crippen LogP contribution is -2.48. The Kier molecular flexibility index (Phi) is 6.57. The summed E-state index contributed by atoms with van der Waals surface area (Å²) < 4.78 is 0. The normalized spacial score (nSPS) is 10.4. The van der Waals surface area contributed by atoms with Crippen molar-refractivity contribution in [3.63, 3.8) is 0 Å². The summed E-state index contributed by atoms with van der Waals surface area (Å²) in [6, 6.07) is 19.7. The molecular formula is C12H13BCl2O3Si. The van der Waals surface area contributed by atoms with Crippen molar-refractivity contribution in [2.75, 3.05) is 0 Å². The van der Waals surface area contributed by atoms with Crippen molar-refractivity contribution in [1.82, 2.24) is 0 Å². The number of benzene rings is 2. The van der Waals surface area contributed by atoms with Gasteiger partial charge in [-0.2, -0.15) is 0 Å². The summed E-state index contributed by atoms with van der Waals surface area (Å²) in [6.45, 7) is -2.51. The first kappa shape index (κ1) is 16.2. The average Bonchev–Trinajstić information content (AvgIpc) is 2.40. The molecular weight excluding hydrogens is 302 g/mol. The van der Waals surface area contributed by atoms with E-state index in [2.05, 4.69) is 0 Å². The lowest BCUT2D eigenvalue weighted by Gasteiger charge is -2.17. The Hall–Kier alpha value is -0.818. The zero-order valence-corrected chi connectivity index (χ0v) is 12.5. The summed E-state index contributed by atoms with van der Waals surface area (Å²) in [5.74, 6) is 0. The molecule has 0 amide bonds. The Morgan fingerprint density at radius 3 is 1.21 bits per heavy atom. The third-order valence-corrected chi connectivity index (χ3v) is 7.01. The summed E-state index contributed by atoms with van der Waals surface area (Å²) in [5.41, 5.74) is 0. The lowest BCUT2D eigenvalue weighted by molar-refractivity contribution is 0.278. The molecule has 0 aromatic heterocycles. The van der Waals surface area contributed by atoms with E-state index in [0.717, 1.165) is 10.4 Å². The highest BCUT2D eigenvalue weighted by atomic mass is 35.7. The van der Waals surface area contributed by atoms with Crippen molar-refractivity contribution in [1.29, 1.82) is 0 Å². The van der Waals surface area contributed by atoms with Crippen LogP contribution in [0.2, 0.25) is 0 Å². The molecule has 19 heavy (non-hydrogen) atoms. The quantitative estimate of drug-likeness (QED) is 0.564. The van der Waals surface area contributed by atoms with E-state index in [1.54, 1.807) is 0 Å². The van der Waals surface area contributed by atoms with E-state index in [9.17, 15) is 0 Å². The van der Waals surface area contributed by atoms with Crippen LogP contribution in [0.15, 0.2) is 60.7 Å². The van der Waals surface area contributed by atoms with Crippen molar-refractivity contribution < 1.29 is 15.1 Å². The third-order valence-electron chi connectivity index (χ3n) is 2.27. The number of rotatable bonds is 2. The van der Waals surface area contributed by atoms with Gasteiger partial charge in [0, 0.05) is 0 Å². The summed E-state index contributed by atoms with van der Waals surface area (Å²) in [5, 5.41) is 23.6. The second-order valence-electron chi connectivity index (χ2n) is 3.65. The molecule has 0 unspecified atom stereocenters. The Morgan fingerprint density at radius 1 is 0.684 bits per heavy atom. The molecule has 2 aromatic carbocycles. The van der Waals surface area contributed by atoms with Gasteiger partial charge in [-0.05, 0) is 10.4 Å². The molecule has 2 rings (SSSR count). The molecule has 0 aliphatic carbocycles. The van der Waals surface area contributed by atoms with Crippen LogP contribution >= 0.6 is 22.2 Å². The van der Waals surface area contributed by atoms with Gasteiger partial charge in [-0.25, -0.2) is 0 Å². The molecule has 0 aliphatic heterocycles. The molecule has 7 heteroatoms. The van der Waals surface area contributed by atoms with Gasteiger partial charge < -0.3 is 15.1 Å². The van der Waals surface area contributed by atoms with Gasteiger partial charge in [0.1, 0.15) is 0 Å². The molecule has 3 N–H and O–H groups in total. The van der Waals surface area contributed by atoms with Gasteiger partial charge >= 0.3 is 14.0 Å². The van der Waals surface area contributed by atoms with Gasteiger partial charge in [-0.1, -0.05) is 60.7 Å². The molecule has 0 bridgehead atoms. The standard InChI is InChI=1S/C12H10Cl2Si.BH3O3/c13-15(14,11-7-3-1-4-8-11)12-9-5-2-6-10-12;2-1(3)4/h1-10H;2-4H. The molecule has 0 radical (unpaired) electrons. The highest BCUT2D eigenvalue weighted by Crippen LogP contribution is 2.14. The highest BCUT2D eigenvalue weighted by molar-refractivity contribution is 7.56. The van der Waals surface area contributed by atoms with Crippen molar-refractivity contribution in [3.8, 4) is 0 Å². The minimum atomic E-state index is -2.51. The van der Waals surface area contributed by atoms with Crippen LogP contribution in [-0.4, -0.2) is 29.1 Å². The van der Waals surface area contributed by atoms with Gasteiger partial charge in [0.15, 0.2) is 0 Å². The van der Waals surface area contributed by atoms with Gasteiger partial charge in [0.05, 0.1) is 0 Å². The second kappa shape index (κ2) is 7.69. The smallest absolute Gasteiger partial charge is 0.402 e. The minimum absolute atomic E-state index is 1.03. The van der Waals surface area contributed by atoms with Crippen LogP contribution in [0.4, 0.5) is 0 Å². The Balaban J connectivity index is 0.000000399. The summed E-state index contributed by atoms with van der Waals surface area (Å²) >= 11 is 13.0. The van der Waals surface area contributed by atoms with Gasteiger partial charge in [0.2, 0.25) is 0 Å². The summed E-state index contributed by atoms with van der Waals surface area (Å²) in [7, 11) is -2.17. The van der Waals surface area contributed by atoms with Crippen LogP contribution in [0, 0.1) is 0 Å². The van der Waals surface area contributed by atoms with Crippen LogP contribution in [0.1, 0.15) is 0 Å². The van der Waals surface area contributed by atoms with Gasteiger partial charge in [0.25, 0.3) is 0 Å². The highest BCUT2D eigenvalue weighted by Gasteiger charge is 2.32. The van der Waals surface area contributed by atoms with E-state index in [1.807, 2.05) is 60.7 Å². The van der Waals surface area contributed by atoms with Crippen molar-refractivity contribution in [2.24, 2.45) is 0 Å². The maximum absolute atomic E-state index is 7.17. The molecule has 0 fully saturated rings. The topological polar surface area (TPSA) is 60.7 Å². The fourth-order valence-electron chi connectivity index (χ4n) is 1.46. The van der Waals surface area contributed by atoms with Crippen LogP contribution in [-0.2, 0) is 0 Å². The molecule has 3 nitrogen and oxygen atoms in total. The average molecular weight is 315 g/mol. The van der Waals surface area contributed by atoms with Gasteiger partial charge in [-0.3, -0.25) is 0 Å². The molecule has 0 aliphatic rings. The third kappa shape index (κ3) is 5.36. The van der Waals surface area contributed by atoms with Crippen LogP contribution in [0.3, 0.4) is 0 Å². The van der Waals surface area contributed by atoms with E-state index >= 15 is 0 Å². The second-order valence-corrected chi connectivity index (χ2v) is 9.94. The monoisotopic (exact) mass is 314 g/mol. The van der Waals surface area contributed by atoms with Crippen molar-refractivity contribution in [3.05, 3.63) is 60.7 Å².